The molecule has 190 valence electrons. The summed E-state index contributed by atoms with van der Waals surface area (Å²) >= 11 is 0. The highest BCUT2D eigenvalue weighted by molar-refractivity contribution is 5.82. The highest BCUT2D eigenvalue weighted by Crippen LogP contribution is 2.40. The predicted molar refractivity (Wildman–Crippen MR) is 138 cm³/mol. The van der Waals surface area contributed by atoms with Crippen LogP contribution in [0, 0.1) is 12.8 Å². The Bertz CT molecular complexity index is 1290. The lowest BCUT2D eigenvalue weighted by atomic mass is 9.81. The van der Waals surface area contributed by atoms with E-state index in [1.165, 1.54) is 23.8 Å². The fraction of sp³-hybridized carbons (Fsp3) is 0.483. The van der Waals surface area contributed by atoms with E-state index in [0.717, 1.165) is 48.1 Å². The maximum absolute atomic E-state index is 12.3. The number of ether oxygens (including phenoxy) is 1. The van der Waals surface area contributed by atoms with Crippen LogP contribution in [0.3, 0.4) is 0 Å². The van der Waals surface area contributed by atoms with Gasteiger partial charge in [-0.25, -0.2) is 9.78 Å². The molecule has 1 aliphatic carbocycles. The van der Waals surface area contributed by atoms with E-state index in [-0.39, 0.29) is 24.0 Å². The number of amides is 1. The van der Waals surface area contributed by atoms with Crippen LogP contribution < -0.4 is 0 Å². The van der Waals surface area contributed by atoms with E-state index in [9.17, 15) is 14.7 Å². The van der Waals surface area contributed by atoms with E-state index >= 15 is 0 Å². The van der Waals surface area contributed by atoms with E-state index in [2.05, 4.69) is 54.8 Å². The molecule has 7 nitrogen and oxygen atoms in total. The zero-order valence-electron chi connectivity index (χ0n) is 21.4. The van der Waals surface area contributed by atoms with Crippen molar-refractivity contribution in [2.75, 3.05) is 13.7 Å². The van der Waals surface area contributed by atoms with Gasteiger partial charge < -0.3 is 19.3 Å². The van der Waals surface area contributed by atoms with Gasteiger partial charge in [0.05, 0.1) is 30.6 Å². The van der Waals surface area contributed by atoms with E-state index < -0.39 is 5.97 Å². The minimum Gasteiger partial charge on any atom is -0.481 e. The molecule has 1 aliphatic heterocycles. The molecule has 1 atom stereocenters. The molecule has 2 aliphatic rings. The second-order valence-electron chi connectivity index (χ2n) is 10.5. The molecule has 0 unspecified atom stereocenters. The van der Waals surface area contributed by atoms with Gasteiger partial charge >= 0.3 is 12.1 Å². The molecule has 0 saturated heterocycles. The van der Waals surface area contributed by atoms with Crippen molar-refractivity contribution in [1.82, 2.24) is 14.5 Å². The van der Waals surface area contributed by atoms with Gasteiger partial charge in [-0.05, 0) is 69.6 Å². The molecule has 2 heterocycles. The highest BCUT2D eigenvalue weighted by Gasteiger charge is 2.32. The third-order valence-electron chi connectivity index (χ3n) is 8.02. The van der Waals surface area contributed by atoms with Gasteiger partial charge in [0.1, 0.15) is 5.82 Å². The maximum atomic E-state index is 12.3. The first-order valence-corrected chi connectivity index (χ1v) is 13.0. The van der Waals surface area contributed by atoms with E-state index in [0.29, 0.717) is 25.9 Å². The Morgan fingerprint density at radius 3 is 2.64 bits per heavy atom. The number of carbonyl (C=O) groups excluding carboxylic acids is 1. The van der Waals surface area contributed by atoms with Crippen LogP contribution in [0.5, 0.6) is 0 Å². The third kappa shape index (κ3) is 4.59. The van der Waals surface area contributed by atoms with Gasteiger partial charge in [-0.15, -0.1) is 0 Å². The van der Waals surface area contributed by atoms with Crippen LogP contribution in [0.4, 0.5) is 4.79 Å². The number of carboxylic acid groups (broad SMARTS) is 1. The van der Waals surface area contributed by atoms with Gasteiger partial charge in [0.25, 0.3) is 0 Å². The molecule has 0 spiro atoms. The first kappa shape index (κ1) is 24.3. The predicted octanol–water partition coefficient (Wildman–Crippen LogP) is 5.63. The number of fused-ring (bicyclic) bond motifs is 3. The van der Waals surface area contributed by atoms with Crippen molar-refractivity contribution in [3.8, 4) is 0 Å². The van der Waals surface area contributed by atoms with Gasteiger partial charge in [0.2, 0.25) is 0 Å². The van der Waals surface area contributed by atoms with Crippen molar-refractivity contribution < 1.29 is 19.4 Å². The standard InChI is InChI=1S/C29H35N3O4/c1-18-5-4-6-20(15-18)16-19(2)32-25-12-11-21-13-14-31(29(35)36-3)17-24(21)26(25)30-27(32)22-7-9-23(10-8-22)28(33)34/h4-6,11-12,15,19,22-23H,7-10,13-14,16-17H2,1-3H3,(H,33,34)/t19-,22?,23?/m1/s1. The zero-order valence-corrected chi connectivity index (χ0v) is 21.4. The number of rotatable bonds is 5. The summed E-state index contributed by atoms with van der Waals surface area (Å²) < 4.78 is 7.39. The fourth-order valence-electron chi connectivity index (χ4n) is 6.12. The van der Waals surface area contributed by atoms with E-state index in [1.807, 2.05) is 0 Å². The molecule has 1 aromatic heterocycles. The first-order chi connectivity index (χ1) is 17.4. The molecule has 1 amide bonds. The van der Waals surface area contributed by atoms with E-state index in [1.54, 1.807) is 4.90 Å². The second kappa shape index (κ2) is 9.96. The molecule has 36 heavy (non-hydrogen) atoms. The average Bonchev–Trinajstić information content (AvgIpc) is 3.28. The van der Waals surface area contributed by atoms with Crippen LogP contribution >= 0.6 is 0 Å². The molecule has 1 saturated carbocycles. The summed E-state index contributed by atoms with van der Waals surface area (Å²) in [7, 11) is 1.42. The number of benzene rings is 2. The number of hydrogen-bond acceptors (Lipinski definition) is 4. The lowest BCUT2D eigenvalue weighted by molar-refractivity contribution is -0.142. The number of aryl methyl sites for hydroxylation is 1. The topological polar surface area (TPSA) is 84.7 Å². The smallest absolute Gasteiger partial charge is 0.409 e. The van der Waals surface area contributed by atoms with Gasteiger partial charge in [0, 0.05) is 24.1 Å². The van der Waals surface area contributed by atoms with Gasteiger partial charge in [-0.1, -0.05) is 35.9 Å². The number of nitrogens with zero attached hydrogens (tertiary/aromatic N) is 3. The van der Waals surface area contributed by atoms with Crippen LogP contribution in [-0.4, -0.2) is 45.3 Å². The Kier molecular flexibility index (Phi) is 6.73. The van der Waals surface area contributed by atoms with Crippen LogP contribution in [0.1, 0.15) is 72.6 Å². The minimum absolute atomic E-state index is 0.183. The Hall–Kier alpha value is -3.35. The summed E-state index contributed by atoms with van der Waals surface area (Å²) in [6.07, 6.45) is 4.38. The number of hydrogen-bond donors (Lipinski definition) is 1. The maximum Gasteiger partial charge on any atom is 0.409 e. The van der Waals surface area contributed by atoms with Gasteiger partial charge in [0.15, 0.2) is 0 Å². The Balaban J connectivity index is 1.57. The summed E-state index contributed by atoms with van der Waals surface area (Å²) in [5.41, 5.74) is 6.94. The quantitative estimate of drug-likeness (QED) is 0.502. The third-order valence-corrected chi connectivity index (χ3v) is 8.02. The monoisotopic (exact) mass is 489 g/mol. The second-order valence-corrected chi connectivity index (χ2v) is 10.5. The average molecular weight is 490 g/mol. The molecule has 1 N–H and O–H groups in total. The first-order valence-electron chi connectivity index (χ1n) is 13.0. The molecule has 7 heteroatoms. The van der Waals surface area contributed by atoms with Crippen LogP contribution in [0.15, 0.2) is 36.4 Å². The number of aliphatic carboxylic acids is 1. The molecule has 5 rings (SSSR count). The summed E-state index contributed by atoms with van der Waals surface area (Å²) in [6.45, 7) is 5.50. The Morgan fingerprint density at radius 2 is 1.94 bits per heavy atom. The van der Waals surface area contributed by atoms with Crippen molar-refractivity contribution >= 4 is 23.1 Å². The number of carbonyl (C=O) groups is 2. The van der Waals surface area contributed by atoms with Crippen molar-refractivity contribution in [3.05, 3.63) is 64.5 Å². The number of carboxylic acids is 1. The summed E-state index contributed by atoms with van der Waals surface area (Å²) in [6, 6.07) is 13.2. The van der Waals surface area contributed by atoms with Crippen molar-refractivity contribution in [2.24, 2.45) is 5.92 Å². The molecule has 1 fully saturated rings. The molecular formula is C29H35N3O4. The SMILES string of the molecule is COC(=O)N1CCc2ccc3c(nc(C4CCC(C(=O)O)CC4)n3[C@H](C)Cc3cccc(C)c3)c2C1. The fourth-order valence-corrected chi connectivity index (χ4v) is 6.12. The summed E-state index contributed by atoms with van der Waals surface area (Å²) in [5.74, 6) is 0.332. The highest BCUT2D eigenvalue weighted by atomic mass is 16.5. The molecule has 0 bridgehead atoms. The Morgan fingerprint density at radius 1 is 1.17 bits per heavy atom. The lowest BCUT2D eigenvalue weighted by Crippen LogP contribution is -2.35. The van der Waals surface area contributed by atoms with Crippen LogP contribution in [-0.2, 0) is 28.9 Å². The molecule has 3 aromatic rings. The molecule has 2 aromatic carbocycles. The minimum atomic E-state index is -0.688. The Labute approximate surface area is 212 Å². The summed E-state index contributed by atoms with van der Waals surface area (Å²) in [5, 5.41) is 9.50. The summed E-state index contributed by atoms with van der Waals surface area (Å²) in [4.78, 5) is 30.8. The van der Waals surface area contributed by atoms with Crippen molar-refractivity contribution in [1.29, 1.82) is 0 Å². The lowest BCUT2D eigenvalue weighted by Gasteiger charge is -2.28. The number of aromatic nitrogens is 2. The van der Waals surface area contributed by atoms with Gasteiger partial charge in [-0.2, -0.15) is 0 Å². The van der Waals surface area contributed by atoms with Crippen molar-refractivity contribution in [3.63, 3.8) is 0 Å². The zero-order chi connectivity index (χ0) is 25.4. The van der Waals surface area contributed by atoms with Gasteiger partial charge in [-0.3, -0.25) is 4.79 Å². The number of imidazole rings is 1. The molecular weight excluding hydrogens is 454 g/mol. The van der Waals surface area contributed by atoms with Crippen LogP contribution in [0.25, 0.3) is 11.0 Å². The van der Waals surface area contributed by atoms with E-state index in [4.69, 9.17) is 9.72 Å². The van der Waals surface area contributed by atoms with Crippen molar-refractivity contribution in [2.45, 2.75) is 70.9 Å². The largest absolute Gasteiger partial charge is 0.481 e. The normalized spacial score (nSPS) is 20.7. The molecule has 0 radical (unpaired) electrons. The van der Waals surface area contributed by atoms with Crippen LogP contribution in [0.2, 0.25) is 0 Å². The number of methoxy groups -OCH3 is 1.